The first kappa shape index (κ1) is 19.3. The van der Waals surface area contributed by atoms with Crippen LogP contribution in [0.15, 0.2) is 18.2 Å². The first-order chi connectivity index (χ1) is 9.33. The van der Waals surface area contributed by atoms with E-state index in [1.165, 1.54) is 18.2 Å². The molecule has 0 aliphatic carbocycles. The summed E-state index contributed by atoms with van der Waals surface area (Å²) in [6.45, 7) is 5.95. The summed E-state index contributed by atoms with van der Waals surface area (Å²) in [5.74, 6) is -0.264. The predicted octanol–water partition coefficient (Wildman–Crippen LogP) is 2.57. The number of amides is 1. The third-order valence-electron chi connectivity index (χ3n) is 3.66. The van der Waals surface area contributed by atoms with E-state index in [4.69, 9.17) is 5.73 Å². The van der Waals surface area contributed by atoms with Gasteiger partial charge in [-0.05, 0) is 31.9 Å². The molecule has 3 N–H and O–H groups in total. The fraction of sp³-hybridized carbons (Fsp3) is 0.500. The summed E-state index contributed by atoms with van der Waals surface area (Å²) in [6.07, 6.45) is 1.53. The highest BCUT2D eigenvalue weighted by molar-refractivity contribution is 5.94. The number of rotatable bonds is 6. The van der Waals surface area contributed by atoms with Gasteiger partial charge < -0.3 is 11.1 Å². The molecule has 118 valence electrons. The van der Waals surface area contributed by atoms with Crippen molar-refractivity contribution in [1.82, 2.24) is 5.32 Å². The summed E-state index contributed by atoms with van der Waals surface area (Å²) in [4.78, 5) is 22.3. The maximum atomic E-state index is 12.0. The maximum Gasteiger partial charge on any atom is 0.272 e. The topological polar surface area (TPSA) is 98.3 Å². The summed E-state index contributed by atoms with van der Waals surface area (Å²) in [7, 11) is 0. The Balaban J connectivity index is 0.00000400. The van der Waals surface area contributed by atoms with E-state index in [0.29, 0.717) is 17.7 Å². The molecule has 1 amide bonds. The number of carbonyl (C=O) groups is 1. The van der Waals surface area contributed by atoms with Crippen LogP contribution in [-0.2, 0) is 0 Å². The van der Waals surface area contributed by atoms with Gasteiger partial charge in [0.25, 0.3) is 11.6 Å². The Labute approximate surface area is 130 Å². The standard InChI is InChI=1S/C14H21N3O3.ClH/c1-4-14(15,5-2)9-16-13(18)11-6-7-12(17(19)20)10(3)8-11;/h6-8H,4-5,9,15H2,1-3H3,(H,16,18);1H. The van der Waals surface area contributed by atoms with Crippen molar-refractivity contribution >= 4 is 24.0 Å². The number of nitrogens with two attached hydrogens (primary N) is 1. The minimum atomic E-state index is -0.462. The average Bonchev–Trinajstić information content (AvgIpc) is 2.43. The van der Waals surface area contributed by atoms with E-state index >= 15 is 0 Å². The molecule has 0 fully saturated rings. The van der Waals surface area contributed by atoms with Crippen LogP contribution < -0.4 is 11.1 Å². The smallest absolute Gasteiger partial charge is 0.272 e. The Bertz CT molecular complexity index is 516. The van der Waals surface area contributed by atoms with Crippen molar-refractivity contribution in [3.05, 3.63) is 39.4 Å². The van der Waals surface area contributed by atoms with Crippen molar-refractivity contribution in [1.29, 1.82) is 0 Å². The highest BCUT2D eigenvalue weighted by Gasteiger charge is 2.21. The van der Waals surface area contributed by atoms with Crippen LogP contribution in [0.2, 0.25) is 0 Å². The van der Waals surface area contributed by atoms with E-state index in [1.807, 2.05) is 13.8 Å². The molecule has 0 heterocycles. The van der Waals surface area contributed by atoms with Crippen LogP contribution in [0, 0.1) is 17.0 Å². The summed E-state index contributed by atoms with van der Waals surface area (Å²) < 4.78 is 0. The Morgan fingerprint density at radius 1 is 1.38 bits per heavy atom. The highest BCUT2D eigenvalue weighted by Crippen LogP contribution is 2.19. The van der Waals surface area contributed by atoms with E-state index in [9.17, 15) is 14.9 Å². The number of nitrogens with one attached hydrogen (secondary N) is 1. The molecule has 0 aliphatic heterocycles. The number of carbonyl (C=O) groups excluding carboxylic acids is 1. The van der Waals surface area contributed by atoms with E-state index in [2.05, 4.69) is 5.32 Å². The van der Waals surface area contributed by atoms with Gasteiger partial charge in [0.2, 0.25) is 0 Å². The molecule has 0 atom stereocenters. The number of benzene rings is 1. The molecule has 21 heavy (non-hydrogen) atoms. The third-order valence-corrected chi connectivity index (χ3v) is 3.66. The molecule has 1 rings (SSSR count). The van der Waals surface area contributed by atoms with Crippen molar-refractivity contribution < 1.29 is 9.72 Å². The lowest BCUT2D eigenvalue weighted by Crippen LogP contribution is -2.49. The molecule has 0 aliphatic rings. The molecule has 1 aromatic carbocycles. The second-order valence-corrected chi connectivity index (χ2v) is 5.01. The van der Waals surface area contributed by atoms with Crippen LogP contribution in [0.5, 0.6) is 0 Å². The molecule has 0 unspecified atom stereocenters. The number of hydrogen-bond donors (Lipinski definition) is 2. The van der Waals surface area contributed by atoms with E-state index in [-0.39, 0.29) is 24.0 Å². The molecule has 0 spiro atoms. The third kappa shape index (κ3) is 4.99. The van der Waals surface area contributed by atoms with Gasteiger partial charge in [0.15, 0.2) is 0 Å². The van der Waals surface area contributed by atoms with Crippen LogP contribution in [-0.4, -0.2) is 22.9 Å². The molecule has 0 saturated heterocycles. The largest absolute Gasteiger partial charge is 0.350 e. The van der Waals surface area contributed by atoms with Crippen LogP contribution >= 0.6 is 12.4 Å². The molecule has 0 aromatic heterocycles. The molecule has 0 radical (unpaired) electrons. The summed E-state index contributed by atoms with van der Waals surface area (Å²) in [5.41, 5.74) is 6.58. The monoisotopic (exact) mass is 315 g/mol. The minimum absolute atomic E-state index is 0. The molecule has 0 bridgehead atoms. The van der Waals surface area contributed by atoms with Gasteiger partial charge in [-0.15, -0.1) is 12.4 Å². The number of nitro groups is 1. The van der Waals surface area contributed by atoms with Crippen LogP contribution in [0.25, 0.3) is 0 Å². The highest BCUT2D eigenvalue weighted by atomic mass is 35.5. The summed E-state index contributed by atoms with van der Waals surface area (Å²) in [5, 5.41) is 13.5. The second kappa shape index (κ2) is 7.95. The summed E-state index contributed by atoms with van der Waals surface area (Å²) in [6, 6.07) is 4.32. The zero-order valence-corrected chi connectivity index (χ0v) is 13.3. The number of hydrogen-bond acceptors (Lipinski definition) is 4. The first-order valence-electron chi connectivity index (χ1n) is 6.65. The predicted molar refractivity (Wildman–Crippen MR) is 84.9 cm³/mol. The number of aryl methyl sites for hydroxylation is 1. The fourth-order valence-corrected chi connectivity index (χ4v) is 1.86. The first-order valence-corrected chi connectivity index (χ1v) is 6.65. The maximum absolute atomic E-state index is 12.0. The number of nitro benzene ring substituents is 1. The minimum Gasteiger partial charge on any atom is -0.350 e. The van der Waals surface area contributed by atoms with Gasteiger partial charge in [-0.25, -0.2) is 0 Å². The fourth-order valence-electron chi connectivity index (χ4n) is 1.86. The van der Waals surface area contributed by atoms with E-state index in [1.54, 1.807) is 6.92 Å². The van der Waals surface area contributed by atoms with Crippen molar-refractivity contribution in [2.45, 2.75) is 39.2 Å². The van der Waals surface area contributed by atoms with Crippen LogP contribution in [0.4, 0.5) is 5.69 Å². The Morgan fingerprint density at radius 2 is 1.95 bits per heavy atom. The zero-order valence-electron chi connectivity index (χ0n) is 12.5. The average molecular weight is 316 g/mol. The van der Waals surface area contributed by atoms with Crippen molar-refractivity contribution in [2.75, 3.05) is 6.54 Å². The van der Waals surface area contributed by atoms with Crippen molar-refractivity contribution in [3.8, 4) is 0 Å². The SMILES string of the molecule is CCC(N)(CC)CNC(=O)c1ccc([N+](=O)[O-])c(C)c1.Cl. The van der Waals surface area contributed by atoms with Crippen molar-refractivity contribution in [2.24, 2.45) is 5.73 Å². The lowest BCUT2D eigenvalue weighted by molar-refractivity contribution is -0.385. The lowest BCUT2D eigenvalue weighted by Gasteiger charge is -2.26. The summed E-state index contributed by atoms with van der Waals surface area (Å²) >= 11 is 0. The normalized spacial score (nSPS) is 10.7. The van der Waals surface area contributed by atoms with Gasteiger partial charge in [0.05, 0.1) is 4.92 Å². The van der Waals surface area contributed by atoms with E-state index in [0.717, 1.165) is 12.8 Å². The van der Waals surface area contributed by atoms with Gasteiger partial charge in [0, 0.05) is 29.3 Å². The molecule has 7 heteroatoms. The molecule has 1 aromatic rings. The number of halogens is 1. The van der Waals surface area contributed by atoms with Crippen LogP contribution in [0.1, 0.15) is 42.6 Å². The van der Waals surface area contributed by atoms with Gasteiger partial charge in [0.1, 0.15) is 0 Å². The molecular formula is C14H22ClN3O3. The Morgan fingerprint density at radius 3 is 2.38 bits per heavy atom. The molecular weight excluding hydrogens is 294 g/mol. The molecule has 0 saturated carbocycles. The lowest BCUT2D eigenvalue weighted by atomic mass is 9.94. The Hall–Kier alpha value is -1.66. The van der Waals surface area contributed by atoms with Gasteiger partial charge in [-0.3, -0.25) is 14.9 Å². The second-order valence-electron chi connectivity index (χ2n) is 5.01. The quantitative estimate of drug-likeness (QED) is 0.622. The van der Waals surface area contributed by atoms with Crippen LogP contribution in [0.3, 0.4) is 0 Å². The Kier molecular flexibility index (Phi) is 7.32. The van der Waals surface area contributed by atoms with Crippen molar-refractivity contribution in [3.63, 3.8) is 0 Å². The van der Waals surface area contributed by atoms with Gasteiger partial charge >= 0.3 is 0 Å². The number of nitrogens with zero attached hydrogens (tertiary/aromatic N) is 1. The zero-order chi connectivity index (χ0) is 15.3. The van der Waals surface area contributed by atoms with Gasteiger partial charge in [-0.1, -0.05) is 13.8 Å². The van der Waals surface area contributed by atoms with Gasteiger partial charge in [-0.2, -0.15) is 0 Å². The molecule has 6 nitrogen and oxygen atoms in total. The van der Waals surface area contributed by atoms with E-state index < -0.39 is 10.5 Å².